The van der Waals surface area contributed by atoms with Crippen molar-refractivity contribution in [3.05, 3.63) is 35.2 Å². The molecule has 1 atom stereocenters. The molecule has 0 aromatic carbocycles. The molecule has 2 aromatic rings. The number of aldehydes is 2. The van der Waals surface area contributed by atoms with E-state index in [1.54, 1.807) is 13.2 Å². The first-order valence-electron chi connectivity index (χ1n) is 12.2. The maximum Gasteiger partial charge on any atom is 0.328 e. The average molecular weight is 540 g/mol. The lowest BCUT2D eigenvalue weighted by Gasteiger charge is -2.33. The number of aryl methyl sites for hydroxylation is 1. The number of aromatic nitrogens is 2. The number of nitriles is 1. The fraction of sp³-hybridized carbons (Fsp3) is 0.440. The Morgan fingerprint density at radius 2 is 2.24 bits per heavy atom. The first-order chi connectivity index (χ1) is 18.6. The number of morpholine rings is 1. The molecule has 0 bridgehead atoms. The summed E-state index contributed by atoms with van der Waals surface area (Å²) in [4.78, 5) is 49.7. The van der Waals surface area contributed by atoms with E-state index in [-0.39, 0.29) is 11.7 Å². The molecule has 2 aliphatic rings. The number of methoxy groups -OCH3 is 1. The average Bonchev–Trinajstić information content (AvgIpc) is 2.94. The highest BCUT2D eigenvalue weighted by atomic mass is 32.2. The predicted octanol–water partition coefficient (Wildman–Crippen LogP) is 2.30. The number of rotatable bonds is 10. The van der Waals surface area contributed by atoms with Gasteiger partial charge in [0.1, 0.15) is 29.0 Å². The Morgan fingerprint density at radius 3 is 3.00 bits per heavy atom. The van der Waals surface area contributed by atoms with Gasteiger partial charge in [0.2, 0.25) is 0 Å². The molecule has 1 fully saturated rings. The van der Waals surface area contributed by atoms with Crippen LogP contribution in [0.15, 0.2) is 23.2 Å². The van der Waals surface area contributed by atoms with Crippen LogP contribution < -0.4 is 15.5 Å². The lowest BCUT2D eigenvalue weighted by molar-refractivity contribution is -0.118. The topological polar surface area (TPSA) is 150 Å². The molecule has 38 heavy (non-hydrogen) atoms. The van der Waals surface area contributed by atoms with Crippen molar-refractivity contribution in [1.82, 2.24) is 14.9 Å². The second kappa shape index (κ2) is 13.3. The van der Waals surface area contributed by atoms with Gasteiger partial charge in [0.15, 0.2) is 6.29 Å². The summed E-state index contributed by atoms with van der Waals surface area (Å²) in [7, 11) is 1.60. The number of hydrogen-bond donors (Lipinski definition) is 2. The molecule has 2 N–H and O–H groups in total. The summed E-state index contributed by atoms with van der Waals surface area (Å²) < 4.78 is 10.5. The molecule has 0 saturated carbocycles. The van der Waals surface area contributed by atoms with Gasteiger partial charge < -0.3 is 19.6 Å². The summed E-state index contributed by atoms with van der Waals surface area (Å²) in [6, 6.07) is 2.78. The van der Waals surface area contributed by atoms with Gasteiger partial charge >= 0.3 is 6.03 Å². The third kappa shape index (κ3) is 6.46. The van der Waals surface area contributed by atoms with E-state index in [1.807, 2.05) is 16.4 Å². The van der Waals surface area contributed by atoms with Crippen molar-refractivity contribution in [3.63, 3.8) is 0 Å². The zero-order valence-electron chi connectivity index (χ0n) is 21.0. The molecular formula is C25H29N7O5S. The van der Waals surface area contributed by atoms with Gasteiger partial charge in [-0.2, -0.15) is 5.26 Å². The van der Waals surface area contributed by atoms with Gasteiger partial charge in [-0.25, -0.2) is 14.8 Å². The van der Waals surface area contributed by atoms with Crippen molar-refractivity contribution >= 4 is 47.7 Å². The monoisotopic (exact) mass is 539 g/mol. The Morgan fingerprint density at radius 1 is 1.37 bits per heavy atom. The Kier molecular flexibility index (Phi) is 9.61. The summed E-state index contributed by atoms with van der Waals surface area (Å²) in [6.07, 6.45) is 4.50. The molecule has 2 aromatic heterocycles. The van der Waals surface area contributed by atoms with Gasteiger partial charge in [-0.3, -0.25) is 19.9 Å². The van der Waals surface area contributed by atoms with E-state index in [4.69, 9.17) is 14.7 Å². The predicted molar refractivity (Wildman–Crippen MR) is 141 cm³/mol. The second-order valence-corrected chi connectivity index (χ2v) is 9.57. The lowest BCUT2D eigenvalue weighted by Crippen LogP contribution is -2.46. The number of amides is 2. The summed E-state index contributed by atoms with van der Waals surface area (Å²) in [6.45, 7) is 3.23. The molecule has 1 unspecified atom stereocenters. The standard InChI is InChI=1S/C25H29N7O5S/c1-36-7-4-27-20-10-23(28-11-22(20)38-16-26)30-25(35)32-5-2-3-17-9-18(21(14-34)29-24(17)32)12-31-6-8-37-15-19(31)13-33/h9-11,13-14,19H,2-8,12,15H2,1H3,(H2,27,28,30,35). The van der Waals surface area contributed by atoms with Crippen LogP contribution in [0.4, 0.5) is 22.1 Å². The minimum atomic E-state index is -0.423. The van der Waals surface area contributed by atoms with Crippen molar-refractivity contribution in [1.29, 1.82) is 5.26 Å². The van der Waals surface area contributed by atoms with Crippen molar-refractivity contribution < 1.29 is 23.9 Å². The lowest BCUT2D eigenvalue weighted by atomic mass is 10.0. The quantitative estimate of drug-likeness (QED) is 0.198. The zero-order chi connectivity index (χ0) is 26.9. The van der Waals surface area contributed by atoms with Crippen molar-refractivity contribution in [2.45, 2.75) is 30.3 Å². The molecule has 1 saturated heterocycles. The summed E-state index contributed by atoms with van der Waals surface area (Å²) >= 11 is 0.969. The number of ether oxygens (including phenoxy) is 2. The fourth-order valence-corrected chi connectivity index (χ4v) is 4.87. The number of hydrogen-bond acceptors (Lipinski definition) is 11. The summed E-state index contributed by atoms with van der Waals surface area (Å²) in [5.74, 6) is 0.743. The smallest absolute Gasteiger partial charge is 0.328 e. The maximum atomic E-state index is 13.3. The van der Waals surface area contributed by atoms with Gasteiger partial charge in [-0.15, -0.1) is 0 Å². The van der Waals surface area contributed by atoms with Gasteiger partial charge in [-0.05, 0) is 41.8 Å². The fourth-order valence-electron chi connectivity index (χ4n) is 4.43. The van der Waals surface area contributed by atoms with Crippen LogP contribution in [0.3, 0.4) is 0 Å². The van der Waals surface area contributed by atoms with E-state index in [2.05, 4.69) is 20.6 Å². The number of nitrogens with one attached hydrogen (secondary N) is 2. The molecule has 200 valence electrons. The van der Waals surface area contributed by atoms with Crippen molar-refractivity contribution in [2.24, 2.45) is 0 Å². The van der Waals surface area contributed by atoms with Gasteiger partial charge in [0.05, 0.1) is 36.4 Å². The molecule has 0 spiro atoms. The summed E-state index contributed by atoms with van der Waals surface area (Å²) in [5, 5.41) is 17.1. The molecule has 12 nitrogen and oxygen atoms in total. The number of fused-ring (bicyclic) bond motifs is 1. The molecule has 2 aliphatic heterocycles. The first-order valence-corrected chi connectivity index (χ1v) is 13.0. The third-order valence-corrected chi connectivity index (χ3v) is 6.96. The van der Waals surface area contributed by atoms with Crippen LogP contribution in [0.2, 0.25) is 0 Å². The number of thiocyanates is 1. The Labute approximate surface area is 224 Å². The molecule has 13 heteroatoms. The molecule has 4 heterocycles. The van der Waals surface area contributed by atoms with Crippen LogP contribution in [0.25, 0.3) is 0 Å². The Bertz CT molecular complexity index is 1220. The zero-order valence-corrected chi connectivity index (χ0v) is 21.8. The third-order valence-electron chi connectivity index (χ3n) is 6.32. The molecule has 4 rings (SSSR count). The van der Waals surface area contributed by atoms with Crippen LogP contribution in [0.5, 0.6) is 0 Å². The highest BCUT2D eigenvalue weighted by molar-refractivity contribution is 8.03. The van der Waals surface area contributed by atoms with Crippen molar-refractivity contribution in [2.75, 3.05) is 62.1 Å². The van der Waals surface area contributed by atoms with Crippen LogP contribution in [-0.2, 0) is 27.2 Å². The second-order valence-electron chi connectivity index (χ2n) is 8.75. The number of urea groups is 1. The minimum absolute atomic E-state index is 0.236. The van der Waals surface area contributed by atoms with E-state index in [0.717, 1.165) is 30.0 Å². The number of pyridine rings is 2. The Balaban J connectivity index is 1.54. The maximum absolute atomic E-state index is 13.3. The van der Waals surface area contributed by atoms with Gasteiger partial charge in [0.25, 0.3) is 0 Å². The highest BCUT2D eigenvalue weighted by Gasteiger charge is 2.28. The largest absolute Gasteiger partial charge is 0.383 e. The molecule has 0 aliphatic carbocycles. The van der Waals surface area contributed by atoms with E-state index < -0.39 is 6.03 Å². The number of anilines is 3. The van der Waals surface area contributed by atoms with Crippen LogP contribution in [-0.4, -0.2) is 86.1 Å². The molecular weight excluding hydrogens is 510 g/mol. The SMILES string of the molecule is COCCNc1cc(NC(=O)N2CCCc3cc(CN4CCOCC4C=O)c(C=O)nc32)ncc1SC#N. The first kappa shape index (κ1) is 27.5. The molecule has 2 amide bonds. The van der Waals surface area contributed by atoms with E-state index >= 15 is 0 Å². The number of thioether (sulfide) groups is 1. The van der Waals surface area contributed by atoms with E-state index in [9.17, 15) is 14.4 Å². The minimum Gasteiger partial charge on any atom is -0.383 e. The van der Waals surface area contributed by atoms with Crippen LogP contribution >= 0.6 is 11.8 Å². The van der Waals surface area contributed by atoms with E-state index in [0.29, 0.717) is 86.5 Å². The summed E-state index contributed by atoms with van der Waals surface area (Å²) in [5.41, 5.74) is 2.47. The van der Waals surface area contributed by atoms with Crippen LogP contribution in [0, 0.1) is 10.7 Å². The number of carbonyl (C=O) groups is 3. The number of carbonyl (C=O) groups excluding carboxylic acids is 3. The van der Waals surface area contributed by atoms with Gasteiger partial charge in [-0.1, -0.05) is 0 Å². The van der Waals surface area contributed by atoms with E-state index in [1.165, 1.54) is 11.1 Å². The highest BCUT2D eigenvalue weighted by Crippen LogP contribution is 2.30. The normalized spacial score (nSPS) is 17.3. The van der Waals surface area contributed by atoms with Gasteiger partial charge in [0, 0.05) is 45.6 Å². The van der Waals surface area contributed by atoms with Crippen LogP contribution in [0.1, 0.15) is 28.0 Å². The molecule has 0 radical (unpaired) electrons. The number of nitrogens with zero attached hydrogens (tertiary/aromatic N) is 5. The van der Waals surface area contributed by atoms with Crippen molar-refractivity contribution in [3.8, 4) is 5.40 Å². The Hall–Kier alpha value is -3.57.